The monoisotopic (exact) mass is 401 g/mol. The predicted molar refractivity (Wildman–Crippen MR) is 108 cm³/mol. The number of nitrogens with one attached hydrogen (secondary N) is 2. The first-order valence-corrected chi connectivity index (χ1v) is 10.7. The van der Waals surface area contributed by atoms with Gasteiger partial charge in [-0.05, 0) is 45.5 Å². The Hall–Kier alpha value is -2.19. The third-order valence-corrected chi connectivity index (χ3v) is 6.72. The number of fused-ring (bicyclic) bond motifs is 2. The molecule has 3 atom stereocenters. The first-order chi connectivity index (χ1) is 13.5. The highest BCUT2D eigenvalue weighted by Gasteiger charge is 2.61. The molecule has 2 aliphatic rings. The average molecular weight is 402 g/mol. The van der Waals surface area contributed by atoms with Crippen LogP contribution in [0.5, 0.6) is 0 Å². The van der Waals surface area contributed by atoms with Gasteiger partial charge in [0.15, 0.2) is 0 Å². The maximum Gasteiger partial charge on any atom is 0.270 e. The van der Waals surface area contributed by atoms with E-state index < -0.39 is 5.41 Å². The number of aromatic nitrogens is 2. The zero-order valence-electron chi connectivity index (χ0n) is 16.4. The molecular weight excluding hydrogens is 374 g/mol. The molecule has 2 aliphatic heterocycles. The van der Waals surface area contributed by atoms with E-state index in [4.69, 9.17) is 0 Å². The molecule has 2 aromatic rings. The SMILES string of the molecule is CN(C)CCNC(=O)[C@@]1(Cc2cscn2)C[C@H]2CC[C@@H]1N2C(=O)c1ccc[nH]1. The van der Waals surface area contributed by atoms with Crippen LogP contribution in [-0.2, 0) is 11.2 Å². The van der Waals surface area contributed by atoms with Gasteiger partial charge in [-0.3, -0.25) is 9.59 Å². The minimum Gasteiger partial charge on any atom is -0.357 e. The molecule has 150 valence electrons. The number of hydrogen-bond acceptors (Lipinski definition) is 5. The molecule has 2 fully saturated rings. The summed E-state index contributed by atoms with van der Waals surface area (Å²) in [4.78, 5) is 38.0. The van der Waals surface area contributed by atoms with Crippen molar-refractivity contribution in [3.8, 4) is 0 Å². The molecule has 28 heavy (non-hydrogen) atoms. The molecule has 0 saturated carbocycles. The maximum atomic E-state index is 13.4. The molecule has 0 unspecified atom stereocenters. The number of likely N-dealkylation sites (N-methyl/N-ethyl adjacent to an activating group) is 1. The van der Waals surface area contributed by atoms with Crippen molar-refractivity contribution in [2.75, 3.05) is 27.2 Å². The minimum absolute atomic E-state index is 0.00116. The summed E-state index contributed by atoms with van der Waals surface area (Å²) >= 11 is 1.55. The van der Waals surface area contributed by atoms with E-state index in [0.717, 1.165) is 25.1 Å². The van der Waals surface area contributed by atoms with Gasteiger partial charge in [-0.25, -0.2) is 4.98 Å². The summed E-state index contributed by atoms with van der Waals surface area (Å²) in [6.45, 7) is 1.39. The Morgan fingerprint density at radius 1 is 1.43 bits per heavy atom. The summed E-state index contributed by atoms with van der Waals surface area (Å²) in [5.74, 6) is 0.0533. The molecule has 7 nitrogen and oxygen atoms in total. The van der Waals surface area contributed by atoms with Crippen molar-refractivity contribution in [3.05, 3.63) is 40.6 Å². The van der Waals surface area contributed by atoms with Crippen molar-refractivity contribution < 1.29 is 9.59 Å². The molecule has 0 radical (unpaired) electrons. The van der Waals surface area contributed by atoms with E-state index in [1.54, 1.807) is 23.6 Å². The fourth-order valence-corrected chi connectivity index (χ4v) is 5.38. The quantitative estimate of drug-likeness (QED) is 0.741. The number of carbonyl (C=O) groups is 2. The van der Waals surface area contributed by atoms with Crippen LogP contribution in [0.1, 0.15) is 35.4 Å². The highest BCUT2D eigenvalue weighted by molar-refractivity contribution is 7.07. The lowest BCUT2D eigenvalue weighted by atomic mass is 9.70. The van der Waals surface area contributed by atoms with E-state index in [0.29, 0.717) is 25.1 Å². The molecule has 2 aromatic heterocycles. The molecular formula is C20H27N5O2S. The minimum atomic E-state index is -0.606. The van der Waals surface area contributed by atoms with Crippen molar-refractivity contribution in [1.82, 2.24) is 25.1 Å². The fourth-order valence-electron chi connectivity index (χ4n) is 4.82. The molecule has 0 aliphatic carbocycles. The Morgan fingerprint density at radius 2 is 2.29 bits per heavy atom. The van der Waals surface area contributed by atoms with E-state index in [-0.39, 0.29) is 23.9 Å². The normalized spacial score (nSPS) is 26.2. The van der Waals surface area contributed by atoms with E-state index in [9.17, 15) is 9.59 Å². The van der Waals surface area contributed by atoms with Crippen LogP contribution in [0.2, 0.25) is 0 Å². The third kappa shape index (κ3) is 3.35. The topological polar surface area (TPSA) is 81.3 Å². The number of carbonyl (C=O) groups excluding carboxylic acids is 2. The Balaban J connectivity index is 1.61. The largest absolute Gasteiger partial charge is 0.357 e. The third-order valence-electron chi connectivity index (χ3n) is 6.08. The standard InChI is InChI=1S/C20H27N5O2S/c1-24(2)9-8-22-19(27)20(10-14-12-28-13-23-14)11-15-5-6-17(20)25(15)18(26)16-4-3-7-21-16/h3-4,7,12-13,15,17,21H,5-6,8-11H2,1-2H3,(H,22,27)/t15-,17+,20+/m1/s1. The number of nitrogens with zero attached hydrogens (tertiary/aromatic N) is 3. The van der Waals surface area contributed by atoms with Gasteiger partial charge in [0, 0.05) is 43.2 Å². The van der Waals surface area contributed by atoms with Crippen LogP contribution in [0.4, 0.5) is 0 Å². The highest BCUT2D eigenvalue weighted by Crippen LogP contribution is 2.52. The number of thiazole rings is 1. The average Bonchev–Trinajstić information content (AvgIpc) is 3.45. The lowest BCUT2D eigenvalue weighted by Crippen LogP contribution is -2.52. The maximum absolute atomic E-state index is 13.4. The van der Waals surface area contributed by atoms with E-state index in [1.807, 2.05) is 36.0 Å². The van der Waals surface area contributed by atoms with Crippen LogP contribution in [0.15, 0.2) is 29.2 Å². The van der Waals surface area contributed by atoms with Crippen LogP contribution < -0.4 is 5.32 Å². The fraction of sp³-hybridized carbons (Fsp3) is 0.550. The zero-order valence-corrected chi connectivity index (χ0v) is 17.2. The molecule has 0 spiro atoms. The number of hydrogen-bond donors (Lipinski definition) is 2. The van der Waals surface area contributed by atoms with Crippen LogP contribution in [0.3, 0.4) is 0 Å². The summed E-state index contributed by atoms with van der Waals surface area (Å²) in [5, 5.41) is 5.15. The molecule has 2 amide bonds. The second-order valence-electron chi connectivity index (χ2n) is 8.12. The van der Waals surface area contributed by atoms with Crippen molar-refractivity contribution in [2.45, 2.75) is 37.8 Å². The van der Waals surface area contributed by atoms with Gasteiger partial charge in [-0.1, -0.05) is 0 Å². The van der Waals surface area contributed by atoms with Gasteiger partial charge in [0.1, 0.15) is 5.69 Å². The molecule has 2 saturated heterocycles. The van der Waals surface area contributed by atoms with Crippen LogP contribution in [0, 0.1) is 5.41 Å². The second kappa shape index (κ2) is 7.67. The summed E-state index contributed by atoms with van der Waals surface area (Å²) < 4.78 is 0. The van der Waals surface area contributed by atoms with Crippen LogP contribution >= 0.6 is 11.3 Å². The Labute approximate surface area is 169 Å². The van der Waals surface area contributed by atoms with E-state index in [2.05, 4.69) is 20.2 Å². The number of aromatic amines is 1. The van der Waals surface area contributed by atoms with Crippen molar-refractivity contribution in [3.63, 3.8) is 0 Å². The molecule has 4 rings (SSSR count). The Morgan fingerprint density at radius 3 is 2.96 bits per heavy atom. The smallest absolute Gasteiger partial charge is 0.270 e. The number of H-pyrrole nitrogens is 1. The van der Waals surface area contributed by atoms with E-state index in [1.165, 1.54) is 0 Å². The molecule has 0 aromatic carbocycles. The first kappa shape index (κ1) is 19.1. The Kier molecular flexibility index (Phi) is 5.25. The summed E-state index contributed by atoms with van der Waals surface area (Å²) in [6.07, 6.45) is 4.88. The first-order valence-electron chi connectivity index (χ1n) is 9.77. The Bertz CT molecular complexity index is 820. The van der Waals surface area contributed by atoms with Crippen molar-refractivity contribution >= 4 is 23.2 Å². The van der Waals surface area contributed by atoms with Gasteiger partial charge in [0.2, 0.25) is 5.91 Å². The lowest BCUT2D eigenvalue weighted by molar-refractivity contribution is -0.132. The lowest BCUT2D eigenvalue weighted by Gasteiger charge is -2.35. The molecule has 2 bridgehead atoms. The van der Waals surface area contributed by atoms with Crippen LogP contribution in [0.25, 0.3) is 0 Å². The summed E-state index contributed by atoms with van der Waals surface area (Å²) in [7, 11) is 3.98. The van der Waals surface area contributed by atoms with Gasteiger partial charge in [0.05, 0.1) is 16.6 Å². The van der Waals surface area contributed by atoms with Gasteiger partial charge in [-0.2, -0.15) is 0 Å². The summed E-state index contributed by atoms with van der Waals surface area (Å²) in [6, 6.07) is 3.66. The second-order valence-corrected chi connectivity index (χ2v) is 8.84. The highest BCUT2D eigenvalue weighted by atomic mass is 32.1. The predicted octanol–water partition coefficient (Wildman–Crippen LogP) is 1.75. The summed E-state index contributed by atoms with van der Waals surface area (Å²) in [5.41, 5.74) is 2.73. The van der Waals surface area contributed by atoms with Crippen molar-refractivity contribution in [1.29, 1.82) is 0 Å². The van der Waals surface area contributed by atoms with Gasteiger partial charge in [-0.15, -0.1) is 11.3 Å². The van der Waals surface area contributed by atoms with Gasteiger partial charge >= 0.3 is 0 Å². The van der Waals surface area contributed by atoms with Gasteiger partial charge in [0.25, 0.3) is 5.91 Å². The number of rotatable bonds is 7. The molecule has 2 N–H and O–H groups in total. The molecule has 8 heteroatoms. The van der Waals surface area contributed by atoms with Crippen molar-refractivity contribution in [2.24, 2.45) is 5.41 Å². The zero-order chi connectivity index (χ0) is 19.7. The molecule has 4 heterocycles. The number of amides is 2. The van der Waals surface area contributed by atoms with E-state index >= 15 is 0 Å². The van der Waals surface area contributed by atoms with Crippen LogP contribution in [-0.4, -0.2) is 70.9 Å². The van der Waals surface area contributed by atoms with Gasteiger partial charge < -0.3 is 20.1 Å².